The second-order valence-electron chi connectivity index (χ2n) is 3.99. The smallest absolute Gasteiger partial charge is 0.0673 e. The number of hydrogen-bond acceptors (Lipinski definition) is 2. The van der Waals surface area contributed by atoms with Crippen LogP contribution in [-0.4, -0.2) is 26.9 Å². The maximum Gasteiger partial charge on any atom is 0.0673 e. The van der Waals surface area contributed by atoms with Crippen molar-refractivity contribution in [1.82, 2.24) is 0 Å². The molecule has 0 aromatic heterocycles. The van der Waals surface area contributed by atoms with Gasteiger partial charge in [0, 0.05) is 13.7 Å². The maximum absolute atomic E-state index is 5.18. The van der Waals surface area contributed by atoms with E-state index in [4.69, 9.17) is 9.47 Å². The van der Waals surface area contributed by atoms with Crippen LogP contribution in [0.2, 0.25) is 0 Å². The Labute approximate surface area is 108 Å². The Balaban J connectivity index is 0. The summed E-state index contributed by atoms with van der Waals surface area (Å²) >= 11 is 0. The average Bonchev–Trinajstić information content (AvgIpc) is 2.28. The van der Waals surface area contributed by atoms with Crippen LogP contribution in [0, 0.1) is 0 Å². The van der Waals surface area contributed by atoms with Crippen LogP contribution in [0.3, 0.4) is 0 Å². The summed E-state index contributed by atoms with van der Waals surface area (Å²) in [6.45, 7) is 12.8. The largest absolute Gasteiger partial charge is 0.380 e. The molecule has 0 spiro atoms. The first-order valence-corrected chi connectivity index (χ1v) is 6.50. The number of allylic oxidation sites excluding steroid dienone is 2. The van der Waals surface area contributed by atoms with Crippen LogP contribution in [0.15, 0.2) is 23.3 Å². The lowest BCUT2D eigenvalue weighted by molar-refractivity contribution is 0.170. The van der Waals surface area contributed by atoms with Crippen LogP contribution >= 0.6 is 0 Å². The van der Waals surface area contributed by atoms with Gasteiger partial charge >= 0.3 is 0 Å². The van der Waals surface area contributed by atoms with Crippen molar-refractivity contribution in [3.63, 3.8) is 0 Å². The van der Waals surface area contributed by atoms with Gasteiger partial charge in [0.15, 0.2) is 0 Å². The molecule has 17 heavy (non-hydrogen) atoms. The topological polar surface area (TPSA) is 18.5 Å². The van der Waals surface area contributed by atoms with E-state index in [1.54, 1.807) is 7.11 Å². The zero-order valence-electron chi connectivity index (χ0n) is 12.5. The van der Waals surface area contributed by atoms with Gasteiger partial charge in [0.2, 0.25) is 0 Å². The number of methoxy groups -OCH3 is 1. The standard InChI is InChI=1S/C8H16O.C7H14O/c1-4-6-8(3)7-9-5-2;1-4-5-7(2)6-8-3/h6H,4-5,7H2,1-3H3;5H,4,6H2,1-3H3. The van der Waals surface area contributed by atoms with Gasteiger partial charge in [-0.15, -0.1) is 0 Å². The Morgan fingerprint density at radius 3 is 1.71 bits per heavy atom. The average molecular weight is 242 g/mol. The highest BCUT2D eigenvalue weighted by molar-refractivity contribution is 4.97. The van der Waals surface area contributed by atoms with E-state index in [1.807, 2.05) is 6.92 Å². The third kappa shape index (κ3) is 18.0. The van der Waals surface area contributed by atoms with Crippen LogP contribution in [0.1, 0.15) is 47.5 Å². The molecule has 0 aliphatic carbocycles. The quantitative estimate of drug-likeness (QED) is 0.617. The summed E-state index contributed by atoms with van der Waals surface area (Å²) in [5.41, 5.74) is 2.65. The first-order valence-electron chi connectivity index (χ1n) is 6.50. The van der Waals surface area contributed by atoms with Crippen molar-refractivity contribution in [2.45, 2.75) is 47.5 Å². The molecule has 0 bridgehead atoms. The molecule has 0 rings (SSSR count). The Morgan fingerprint density at radius 2 is 1.35 bits per heavy atom. The molecule has 0 N–H and O–H groups in total. The Hall–Kier alpha value is -0.600. The minimum absolute atomic E-state index is 0.772. The van der Waals surface area contributed by atoms with Crippen molar-refractivity contribution in [2.24, 2.45) is 0 Å². The second kappa shape index (κ2) is 15.4. The van der Waals surface area contributed by atoms with Gasteiger partial charge in [-0.25, -0.2) is 0 Å². The third-order valence-corrected chi connectivity index (χ3v) is 2.01. The van der Waals surface area contributed by atoms with Crippen molar-refractivity contribution < 1.29 is 9.47 Å². The van der Waals surface area contributed by atoms with E-state index in [2.05, 4.69) is 39.8 Å². The van der Waals surface area contributed by atoms with Crippen LogP contribution in [-0.2, 0) is 9.47 Å². The lowest BCUT2D eigenvalue weighted by Crippen LogP contribution is -1.93. The van der Waals surface area contributed by atoms with Gasteiger partial charge in [-0.2, -0.15) is 0 Å². The Bertz CT molecular complexity index is 205. The predicted octanol–water partition coefficient (Wildman–Crippen LogP) is 4.37. The van der Waals surface area contributed by atoms with Crippen molar-refractivity contribution >= 4 is 0 Å². The molecule has 2 heteroatoms. The first-order chi connectivity index (χ1) is 8.12. The normalized spacial score (nSPS) is 12.1. The predicted molar refractivity (Wildman–Crippen MR) is 76.5 cm³/mol. The van der Waals surface area contributed by atoms with E-state index in [0.717, 1.165) is 32.7 Å². The molecule has 0 saturated carbocycles. The third-order valence-electron chi connectivity index (χ3n) is 2.01. The van der Waals surface area contributed by atoms with Crippen LogP contribution < -0.4 is 0 Å². The highest BCUT2D eigenvalue weighted by Gasteiger charge is 1.85. The van der Waals surface area contributed by atoms with Crippen molar-refractivity contribution in [1.29, 1.82) is 0 Å². The summed E-state index contributed by atoms with van der Waals surface area (Å²) < 4.78 is 10.1. The fraction of sp³-hybridized carbons (Fsp3) is 0.733. The molecule has 0 aliphatic heterocycles. The molecule has 0 heterocycles. The van der Waals surface area contributed by atoms with E-state index >= 15 is 0 Å². The summed E-state index contributed by atoms with van der Waals surface area (Å²) in [7, 11) is 1.72. The minimum atomic E-state index is 0.772. The molecule has 0 fully saturated rings. The second-order valence-corrected chi connectivity index (χ2v) is 3.99. The van der Waals surface area contributed by atoms with E-state index in [9.17, 15) is 0 Å². The maximum atomic E-state index is 5.18. The summed E-state index contributed by atoms with van der Waals surface area (Å²) in [6.07, 6.45) is 6.58. The zero-order chi connectivity index (χ0) is 13.5. The fourth-order valence-electron chi connectivity index (χ4n) is 1.31. The zero-order valence-corrected chi connectivity index (χ0v) is 12.5. The molecule has 0 aliphatic rings. The van der Waals surface area contributed by atoms with Crippen molar-refractivity contribution in [3.8, 4) is 0 Å². The van der Waals surface area contributed by atoms with Crippen LogP contribution in [0.4, 0.5) is 0 Å². The molecule has 102 valence electrons. The van der Waals surface area contributed by atoms with Gasteiger partial charge < -0.3 is 9.47 Å². The van der Waals surface area contributed by atoms with Crippen molar-refractivity contribution in [2.75, 3.05) is 26.9 Å². The molecule has 0 atom stereocenters. The van der Waals surface area contributed by atoms with Crippen LogP contribution in [0.5, 0.6) is 0 Å². The minimum Gasteiger partial charge on any atom is -0.380 e. The van der Waals surface area contributed by atoms with Gasteiger partial charge in [-0.1, -0.05) is 37.1 Å². The summed E-state index contributed by atoms with van der Waals surface area (Å²) in [4.78, 5) is 0. The molecule has 0 amide bonds. The Kier molecular flexibility index (Phi) is 17.0. The lowest BCUT2D eigenvalue weighted by atomic mass is 10.3. The molecule has 0 radical (unpaired) electrons. The molecule has 2 nitrogen and oxygen atoms in total. The molecule has 0 saturated heterocycles. The summed E-state index contributed by atoms with van der Waals surface area (Å²) in [5.74, 6) is 0. The fourth-order valence-corrected chi connectivity index (χ4v) is 1.31. The molecule has 0 unspecified atom stereocenters. The summed E-state index contributed by atoms with van der Waals surface area (Å²) in [6, 6.07) is 0. The van der Waals surface area contributed by atoms with E-state index < -0.39 is 0 Å². The molecular formula is C15H30O2. The lowest BCUT2D eigenvalue weighted by Gasteiger charge is -1.98. The van der Waals surface area contributed by atoms with Crippen LogP contribution in [0.25, 0.3) is 0 Å². The van der Waals surface area contributed by atoms with Crippen molar-refractivity contribution in [3.05, 3.63) is 23.3 Å². The van der Waals surface area contributed by atoms with Gasteiger partial charge in [0.05, 0.1) is 13.2 Å². The molecular weight excluding hydrogens is 212 g/mol. The first kappa shape index (κ1) is 18.8. The molecule has 0 aromatic rings. The van der Waals surface area contributed by atoms with E-state index in [0.29, 0.717) is 0 Å². The van der Waals surface area contributed by atoms with E-state index in [1.165, 1.54) is 11.1 Å². The summed E-state index contributed by atoms with van der Waals surface area (Å²) in [5, 5.41) is 0. The highest BCUT2D eigenvalue weighted by Crippen LogP contribution is 1.94. The number of hydrogen-bond donors (Lipinski definition) is 0. The van der Waals surface area contributed by atoms with Gasteiger partial charge in [-0.3, -0.25) is 0 Å². The SMILES string of the molecule is CCC=C(C)COC.CCC=C(C)COCC. The highest BCUT2D eigenvalue weighted by atomic mass is 16.5. The van der Waals surface area contributed by atoms with Gasteiger partial charge in [0.1, 0.15) is 0 Å². The molecule has 0 aromatic carbocycles. The monoisotopic (exact) mass is 242 g/mol. The van der Waals surface area contributed by atoms with E-state index in [-0.39, 0.29) is 0 Å². The number of ether oxygens (including phenoxy) is 2. The Morgan fingerprint density at radius 1 is 0.882 bits per heavy atom. The number of rotatable bonds is 7. The van der Waals surface area contributed by atoms with Gasteiger partial charge in [-0.05, 0) is 33.6 Å². The van der Waals surface area contributed by atoms with Gasteiger partial charge in [0.25, 0.3) is 0 Å².